The molecule has 0 saturated heterocycles. The molecular weight excluding hydrogens is 308 g/mol. The molecule has 0 spiro atoms. The van der Waals surface area contributed by atoms with Gasteiger partial charge in [0.25, 0.3) is 0 Å². The molecular formula is C17H18N4O3. The van der Waals surface area contributed by atoms with Gasteiger partial charge in [-0.25, -0.2) is 0 Å². The van der Waals surface area contributed by atoms with Crippen molar-refractivity contribution in [2.45, 2.75) is 13.5 Å². The lowest BCUT2D eigenvalue weighted by molar-refractivity contribution is 0.312. The van der Waals surface area contributed by atoms with Crippen molar-refractivity contribution < 1.29 is 13.9 Å². The van der Waals surface area contributed by atoms with Crippen molar-refractivity contribution >= 4 is 5.95 Å². The van der Waals surface area contributed by atoms with Crippen LogP contribution in [0.25, 0.3) is 11.4 Å². The lowest BCUT2D eigenvalue weighted by atomic mass is 10.2. The SMILES string of the molecule is CCOc1nc(NCc2ccco2)nc(-c2ccc(OC)cc2)n1. The number of anilines is 1. The predicted molar refractivity (Wildman–Crippen MR) is 89.0 cm³/mol. The van der Waals surface area contributed by atoms with Gasteiger partial charge in [0.2, 0.25) is 5.95 Å². The molecule has 3 aromatic rings. The van der Waals surface area contributed by atoms with E-state index >= 15 is 0 Å². The van der Waals surface area contributed by atoms with Crippen LogP contribution in [0.2, 0.25) is 0 Å². The average molecular weight is 326 g/mol. The molecule has 7 heteroatoms. The normalized spacial score (nSPS) is 10.4. The molecule has 1 N–H and O–H groups in total. The second-order valence-corrected chi connectivity index (χ2v) is 4.86. The van der Waals surface area contributed by atoms with Crippen LogP contribution in [0.1, 0.15) is 12.7 Å². The zero-order valence-corrected chi connectivity index (χ0v) is 13.5. The van der Waals surface area contributed by atoms with Crippen LogP contribution in [-0.4, -0.2) is 28.7 Å². The molecule has 0 unspecified atom stereocenters. The van der Waals surface area contributed by atoms with Crippen LogP contribution in [0, 0.1) is 0 Å². The van der Waals surface area contributed by atoms with Gasteiger partial charge in [0.1, 0.15) is 11.5 Å². The molecule has 24 heavy (non-hydrogen) atoms. The number of nitrogens with one attached hydrogen (secondary N) is 1. The third kappa shape index (κ3) is 3.81. The number of aromatic nitrogens is 3. The van der Waals surface area contributed by atoms with Gasteiger partial charge in [-0.05, 0) is 43.3 Å². The number of hydrogen-bond donors (Lipinski definition) is 1. The number of methoxy groups -OCH3 is 1. The van der Waals surface area contributed by atoms with Gasteiger partial charge in [0.15, 0.2) is 5.82 Å². The first kappa shape index (κ1) is 15.8. The third-order valence-corrected chi connectivity index (χ3v) is 3.24. The predicted octanol–water partition coefficient (Wildman–Crippen LogP) is 3.15. The number of ether oxygens (including phenoxy) is 2. The Labute approximate surface area is 139 Å². The Balaban J connectivity index is 1.86. The minimum Gasteiger partial charge on any atom is -0.497 e. The Morgan fingerprint density at radius 2 is 1.92 bits per heavy atom. The van der Waals surface area contributed by atoms with Gasteiger partial charge in [0.05, 0.1) is 26.5 Å². The van der Waals surface area contributed by atoms with E-state index in [9.17, 15) is 0 Å². The fourth-order valence-corrected chi connectivity index (χ4v) is 2.08. The second kappa shape index (κ2) is 7.45. The van der Waals surface area contributed by atoms with Gasteiger partial charge < -0.3 is 19.2 Å². The molecule has 3 rings (SSSR count). The molecule has 7 nitrogen and oxygen atoms in total. The third-order valence-electron chi connectivity index (χ3n) is 3.24. The summed E-state index contributed by atoms with van der Waals surface area (Å²) in [5.74, 6) is 2.52. The zero-order chi connectivity index (χ0) is 16.8. The Kier molecular flexibility index (Phi) is 4.90. The lowest BCUT2D eigenvalue weighted by Crippen LogP contribution is -2.08. The molecule has 0 aliphatic heterocycles. The van der Waals surface area contributed by atoms with Crippen molar-refractivity contribution in [1.82, 2.24) is 15.0 Å². The van der Waals surface area contributed by atoms with Gasteiger partial charge in [-0.3, -0.25) is 0 Å². The molecule has 0 aliphatic rings. The lowest BCUT2D eigenvalue weighted by Gasteiger charge is -2.09. The van der Waals surface area contributed by atoms with Crippen LogP contribution in [0.3, 0.4) is 0 Å². The highest BCUT2D eigenvalue weighted by atomic mass is 16.5. The number of furan rings is 1. The summed E-state index contributed by atoms with van der Waals surface area (Å²) in [5.41, 5.74) is 0.847. The van der Waals surface area contributed by atoms with Gasteiger partial charge in [-0.15, -0.1) is 0 Å². The molecule has 2 aromatic heterocycles. The van der Waals surface area contributed by atoms with Gasteiger partial charge in [-0.1, -0.05) is 0 Å². The monoisotopic (exact) mass is 326 g/mol. The average Bonchev–Trinajstić information content (AvgIpc) is 3.14. The summed E-state index contributed by atoms with van der Waals surface area (Å²) in [5, 5.41) is 3.12. The summed E-state index contributed by atoms with van der Waals surface area (Å²) in [7, 11) is 1.63. The number of benzene rings is 1. The summed E-state index contributed by atoms with van der Waals surface area (Å²) in [6, 6.07) is 11.5. The van der Waals surface area contributed by atoms with Crippen LogP contribution < -0.4 is 14.8 Å². The van der Waals surface area contributed by atoms with E-state index in [1.165, 1.54) is 0 Å². The fraction of sp³-hybridized carbons (Fsp3) is 0.235. The van der Waals surface area contributed by atoms with E-state index in [1.54, 1.807) is 13.4 Å². The molecule has 0 atom stereocenters. The first-order valence-electron chi connectivity index (χ1n) is 7.58. The molecule has 0 saturated carbocycles. The Bertz CT molecular complexity index is 773. The zero-order valence-electron chi connectivity index (χ0n) is 13.5. The highest BCUT2D eigenvalue weighted by Crippen LogP contribution is 2.22. The maximum atomic E-state index is 5.44. The van der Waals surface area contributed by atoms with Crippen LogP contribution in [0.5, 0.6) is 11.8 Å². The van der Waals surface area contributed by atoms with E-state index in [4.69, 9.17) is 13.9 Å². The van der Waals surface area contributed by atoms with Gasteiger partial charge >= 0.3 is 6.01 Å². The van der Waals surface area contributed by atoms with E-state index in [2.05, 4.69) is 20.3 Å². The highest BCUT2D eigenvalue weighted by molar-refractivity contribution is 5.57. The van der Waals surface area contributed by atoms with Crippen molar-refractivity contribution in [3.05, 3.63) is 48.4 Å². The summed E-state index contributed by atoms with van der Waals surface area (Å²) >= 11 is 0. The van der Waals surface area contributed by atoms with Crippen molar-refractivity contribution in [2.24, 2.45) is 0 Å². The number of nitrogens with zero attached hydrogens (tertiary/aromatic N) is 3. The van der Waals surface area contributed by atoms with Crippen LogP contribution in [0.4, 0.5) is 5.95 Å². The summed E-state index contributed by atoms with van der Waals surface area (Å²) in [6.45, 7) is 2.83. The molecule has 0 bridgehead atoms. The standard InChI is InChI=1S/C17H18N4O3/c1-3-23-17-20-15(12-6-8-13(22-2)9-7-12)19-16(21-17)18-11-14-5-4-10-24-14/h4-10H,3,11H2,1-2H3,(H,18,19,20,21). The van der Waals surface area contributed by atoms with Gasteiger partial charge in [-0.2, -0.15) is 15.0 Å². The second-order valence-electron chi connectivity index (χ2n) is 4.86. The van der Waals surface area contributed by atoms with E-state index in [-0.39, 0.29) is 6.01 Å². The fourth-order valence-electron chi connectivity index (χ4n) is 2.08. The maximum Gasteiger partial charge on any atom is 0.321 e. The van der Waals surface area contributed by atoms with E-state index in [0.29, 0.717) is 24.9 Å². The summed E-state index contributed by atoms with van der Waals surface area (Å²) < 4.78 is 15.9. The Morgan fingerprint density at radius 1 is 1.08 bits per heavy atom. The van der Waals surface area contributed by atoms with Crippen molar-refractivity contribution in [2.75, 3.05) is 19.0 Å². The van der Waals surface area contributed by atoms with Crippen LogP contribution in [0.15, 0.2) is 47.1 Å². The minimum absolute atomic E-state index is 0.278. The van der Waals surface area contributed by atoms with E-state index < -0.39 is 0 Å². The molecule has 0 radical (unpaired) electrons. The minimum atomic E-state index is 0.278. The smallest absolute Gasteiger partial charge is 0.321 e. The van der Waals surface area contributed by atoms with Crippen LogP contribution in [-0.2, 0) is 6.54 Å². The van der Waals surface area contributed by atoms with E-state index in [0.717, 1.165) is 17.1 Å². The first-order valence-corrected chi connectivity index (χ1v) is 7.58. The Morgan fingerprint density at radius 3 is 2.58 bits per heavy atom. The summed E-state index contributed by atoms with van der Waals surface area (Å²) in [4.78, 5) is 13.1. The molecule has 0 aliphatic carbocycles. The molecule has 0 fully saturated rings. The quantitative estimate of drug-likeness (QED) is 0.714. The van der Waals surface area contributed by atoms with E-state index in [1.807, 2.05) is 43.3 Å². The molecule has 2 heterocycles. The Hall–Kier alpha value is -3.09. The molecule has 1 aromatic carbocycles. The van der Waals surface area contributed by atoms with Gasteiger partial charge in [0, 0.05) is 5.56 Å². The van der Waals surface area contributed by atoms with Crippen molar-refractivity contribution in [1.29, 1.82) is 0 Å². The topological polar surface area (TPSA) is 82.3 Å². The maximum absolute atomic E-state index is 5.44. The number of rotatable bonds is 7. The first-order chi connectivity index (χ1) is 11.8. The largest absolute Gasteiger partial charge is 0.497 e. The molecule has 0 amide bonds. The van der Waals surface area contributed by atoms with Crippen molar-refractivity contribution in [3.63, 3.8) is 0 Å². The van der Waals surface area contributed by atoms with Crippen molar-refractivity contribution in [3.8, 4) is 23.1 Å². The van der Waals surface area contributed by atoms with Crippen LogP contribution >= 0.6 is 0 Å². The summed E-state index contributed by atoms with van der Waals surface area (Å²) in [6.07, 6.45) is 1.62. The molecule has 124 valence electrons. The highest BCUT2D eigenvalue weighted by Gasteiger charge is 2.10. The number of hydrogen-bond acceptors (Lipinski definition) is 7.